The summed E-state index contributed by atoms with van der Waals surface area (Å²) in [5.41, 5.74) is 8.35. The van der Waals surface area contributed by atoms with Crippen molar-refractivity contribution < 1.29 is 9.59 Å². The minimum atomic E-state index is -1.09. The average molecular weight is 191 g/mol. The van der Waals surface area contributed by atoms with Gasteiger partial charge in [0.15, 0.2) is 6.04 Å². The van der Waals surface area contributed by atoms with Gasteiger partial charge >= 0.3 is 0 Å². The highest BCUT2D eigenvalue weighted by molar-refractivity contribution is 6.17. The Hall–Kier alpha value is -1.88. The van der Waals surface area contributed by atoms with Crippen LogP contribution in [0.2, 0.25) is 0 Å². The fourth-order valence-electron chi connectivity index (χ4n) is 1.25. The summed E-state index contributed by atoms with van der Waals surface area (Å²) in [5.74, 6) is -0.903. The Kier molecular flexibility index (Phi) is 1.94. The first kappa shape index (κ1) is 8.71. The molecule has 14 heavy (non-hydrogen) atoms. The molecular weight excluding hydrogens is 182 g/mol. The van der Waals surface area contributed by atoms with Gasteiger partial charge in [-0.2, -0.15) is 0 Å². The van der Waals surface area contributed by atoms with Crippen LogP contribution in [0.4, 0.5) is 5.69 Å². The van der Waals surface area contributed by atoms with Gasteiger partial charge in [0.2, 0.25) is 0 Å². The molecule has 1 heterocycles. The van der Waals surface area contributed by atoms with Crippen LogP contribution in [0.3, 0.4) is 0 Å². The zero-order chi connectivity index (χ0) is 10.1. The summed E-state index contributed by atoms with van der Waals surface area (Å²) in [4.78, 5) is 22.5. The van der Waals surface area contributed by atoms with E-state index in [1.165, 1.54) is 0 Å². The molecule has 0 saturated carbocycles. The smallest absolute Gasteiger partial charge is 0.272 e. The number of hydrogen-bond donors (Lipinski definition) is 2. The van der Waals surface area contributed by atoms with Crippen LogP contribution < -0.4 is 16.2 Å². The topological polar surface area (TPSA) is 75.4 Å². The van der Waals surface area contributed by atoms with Crippen LogP contribution >= 0.6 is 0 Å². The summed E-state index contributed by atoms with van der Waals surface area (Å²) in [6.45, 7) is 0. The van der Waals surface area contributed by atoms with Gasteiger partial charge in [-0.3, -0.25) is 15.0 Å². The zero-order valence-corrected chi connectivity index (χ0v) is 7.31. The Labute approximate surface area is 80.5 Å². The van der Waals surface area contributed by atoms with Crippen LogP contribution in [0, 0.1) is 0 Å². The lowest BCUT2D eigenvalue weighted by molar-refractivity contribution is -0.123. The first-order valence-corrected chi connectivity index (χ1v) is 4.15. The Balaban J connectivity index is 2.30. The van der Waals surface area contributed by atoms with Crippen molar-refractivity contribution in [2.75, 3.05) is 5.01 Å². The number of carbonyl (C=O) groups excluding carboxylic acids is 2. The van der Waals surface area contributed by atoms with Crippen LogP contribution in [-0.2, 0) is 9.59 Å². The third-order valence-corrected chi connectivity index (χ3v) is 2.01. The van der Waals surface area contributed by atoms with E-state index in [0.29, 0.717) is 5.69 Å². The molecule has 1 aromatic rings. The highest BCUT2D eigenvalue weighted by Gasteiger charge is 2.36. The molecule has 0 bridgehead atoms. The summed E-state index contributed by atoms with van der Waals surface area (Å²) in [6.07, 6.45) is 0. The Morgan fingerprint density at radius 1 is 1.21 bits per heavy atom. The fraction of sp³-hybridized carbons (Fsp3) is 0.111. The number of para-hydroxylation sites is 1. The number of anilines is 1. The second kappa shape index (κ2) is 3.12. The van der Waals surface area contributed by atoms with E-state index in [0.717, 1.165) is 5.01 Å². The molecule has 2 amide bonds. The molecule has 0 aromatic heterocycles. The third kappa shape index (κ3) is 1.23. The fourth-order valence-corrected chi connectivity index (χ4v) is 1.25. The molecule has 3 N–H and O–H groups in total. The SMILES string of the molecule is N[C@@H]1C(=O)NN(c2ccccc2)C1=O. The van der Waals surface area contributed by atoms with Gasteiger partial charge in [-0.15, -0.1) is 0 Å². The molecule has 0 spiro atoms. The highest BCUT2D eigenvalue weighted by atomic mass is 16.2. The van der Waals surface area contributed by atoms with E-state index in [4.69, 9.17) is 5.73 Å². The van der Waals surface area contributed by atoms with E-state index in [1.807, 2.05) is 6.07 Å². The molecule has 0 radical (unpaired) electrons. The molecule has 1 aromatic carbocycles. The number of hydrogen-bond acceptors (Lipinski definition) is 3. The van der Waals surface area contributed by atoms with E-state index < -0.39 is 17.9 Å². The number of amides is 2. The molecule has 1 atom stereocenters. The molecular formula is C9H9N3O2. The summed E-state index contributed by atoms with van der Waals surface area (Å²) in [5, 5.41) is 1.16. The molecule has 1 saturated heterocycles. The minimum Gasteiger partial charge on any atom is -0.312 e. The van der Waals surface area contributed by atoms with E-state index in [9.17, 15) is 9.59 Å². The van der Waals surface area contributed by atoms with Crippen LogP contribution in [0.5, 0.6) is 0 Å². The van der Waals surface area contributed by atoms with Crippen LogP contribution in [0.15, 0.2) is 30.3 Å². The van der Waals surface area contributed by atoms with Crippen molar-refractivity contribution in [3.63, 3.8) is 0 Å². The molecule has 0 unspecified atom stereocenters. The number of nitrogens with one attached hydrogen (secondary N) is 1. The summed E-state index contributed by atoms with van der Waals surface area (Å²) >= 11 is 0. The van der Waals surface area contributed by atoms with Crippen LogP contribution in [0.25, 0.3) is 0 Å². The molecule has 1 fully saturated rings. The van der Waals surface area contributed by atoms with Crippen LogP contribution in [-0.4, -0.2) is 17.9 Å². The van der Waals surface area contributed by atoms with Gasteiger partial charge in [-0.1, -0.05) is 18.2 Å². The monoisotopic (exact) mass is 191 g/mol. The van der Waals surface area contributed by atoms with E-state index >= 15 is 0 Å². The lowest BCUT2D eigenvalue weighted by atomic mass is 10.3. The van der Waals surface area contributed by atoms with Crippen molar-refractivity contribution in [1.29, 1.82) is 0 Å². The maximum atomic E-state index is 11.4. The Morgan fingerprint density at radius 2 is 1.86 bits per heavy atom. The number of benzene rings is 1. The number of nitrogens with two attached hydrogens (primary N) is 1. The standard InChI is InChI=1S/C9H9N3O2/c10-7-8(13)11-12(9(7)14)6-4-2-1-3-5-6/h1-5,7H,10H2,(H,11,13)/t7-/m1/s1. The van der Waals surface area contributed by atoms with E-state index in [1.54, 1.807) is 24.3 Å². The summed E-state index contributed by atoms with van der Waals surface area (Å²) in [6, 6.07) is 7.73. The molecule has 5 nitrogen and oxygen atoms in total. The van der Waals surface area contributed by atoms with E-state index in [-0.39, 0.29) is 0 Å². The molecule has 5 heteroatoms. The second-order valence-electron chi connectivity index (χ2n) is 2.96. The van der Waals surface area contributed by atoms with Gasteiger partial charge in [0, 0.05) is 0 Å². The highest BCUT2D eigenvalue weighted by Crippen LogP contribution is 2.14. The summed E-state index contributed by atoms with van der Waals surface area (Å²) < 4.78 is 0. The normalized spacial score (nSPS) is 21.2. The van der Waals surface area contributed by atoms with Crippen molar-refractivity contribution >= 4 is 17.5 Å². The average Bonchev–Trinajstić information content (AvgIpc) is 2.47. The lowest BCUT2D eigenvalue weighted by Gasteiger charge is -2.14. The predicted molar refractivity (Wildman–Crippen MR) is 50.0 cm³/mol. The van der Waals surface area contributed by atoms with Gasteiger partial charge in [-0.05, 0) is 12.1 Å². The zero-order valence-electron chi connectivity index (χ0n) is 7.31. The van der Waals surface area contributed by atoms with Gasteiger partial charge in [0.05, 0.1) is 5.69 Å². The van der Waals surface area contributed by atoms with Crippen molar-refractivity contribution in [1.82, 2.24) is 5.43 Å². The van der Waals surface area contributed by atoms with Crippen molar-refractivity contribution in [3.8, 4) is 0 Å². The van der Waals surface area contributed by atoms with Crippen molar-refractivity contribution in [2.24, 2.45) is 5.73 Å². The first-order valence-electron chi connectivity index (χ1n) is 4.15. The molecule has 2 rings (SSSR count). The molecule has 72 valence electrons. The molecule has 1 aliphatic rings. The van der Waals surface area contributed by atoms with Crippen molar-refractivity contribution in [3.05, 3.63) is 30.3 Å². The quantitative estimate of drug-likeness (QED) is 0.581. The van der Waals surface area contributed by atoms with E-state index in [2.05, 4.69) is 5.43 Å². The maximum Gasteiger partial charge on any atom is 0.272 e. The van der Waals surface area contributed by atoms with Gasteiger partial charge in [0.25, 0.3) is 11.8 Å². The van der Waals surface area contributed by atoms with Crippen LogP contribution in [0.1, 0.15) is 0 Å². The van der Waals surface area contributed by atoms with Gasteiger partial charge < -0.3 is 5.73 Å². The first-order chi connectivity index (χ1) is 6.70. The molecule has 0 aliphatic carbocycles. The number of carbonyl (C=O) groups is 2. The summed E-state index contributed by atoms with van der Waals surface area (Å²) in [7, 11) is 0. The Bertz CT molecular complexity index is 377. The third-order valence-electron chi connectivity index (χ3n) is 2.01. The maximum absolute atomic E-state index is 11.4. The number of hydrazine groups is 1. The van der Waals surface area contributed by atoms with Crippen molar-refractivity contribution in [2.45, 2.75) is 6.04 Å². The lowest BCUT2D eigenvalue weighted by Crippen LogP contribution is -2.36. The predicted octanol–water partition coefficient (Wildman–Crippen LogP) is -0.608. The largest absolute Gasteiger partial charge is 0.312 e. The van der Waals surface area contributed by atoms with Gasteiger partial charge in [-0.25, -0.2) is 5.01 Å². The Morgan fingerprint density at radius 3 is 2.36 bits per heavy atom. The second-order valence-corrected chi connectivity index (χ2v) is 2.96. The number of rotatable bonds is 1. The minimum absolute atomic E-state index is 0.429. The van der Waals surface area contributed by atoms with Gasteiger partial charge in [0.1, 0.15) is 0 Å². The molecule has 1 aliphatic heterocycles. The number of nitrogens with zero attached hydrogens (tertiary/aromatic N) is 1.